The van der Waals surface area contributed by atoms with E-state index in [1.807, 2.05) is 24.3 Å². The molecule has 106 valence electrons. The molecule has 0 N–H and O–H groups in total. The number of ether oxygens (including phenoxy) is 3. The zero-order valence-corrected chi connectivity index (χ0v) is 13.4. The minimum absolute atomic E-state index is 0.719. The minimum atomic E-state index is 0.719. The highest BCUT2D eigenvalue weighted by Crippen LogP contribution is 2.35. The van der Waals surface area contributed by atoms with Gasteiger partial charge < -0.3 is 14.2 Å². The summed E-state index contributed by atoms with van der Waals surface area (Å²) in [5, 5.41) is 0. The normalized spacial score (nSPS) is 10.2. The molecule has 3 nitrogen and oxygen atoms in total. The zero-order valence-electron chi connectivity index (χ0n) is 11.8. The quantitative estimate of drug-likeness (QED) is 0.823. The van der Waals surface area contributed by atoms with E-state index in [9.17, 15) is 0 Å². The monoisotopic (exact) mass is 336 g/mol. The summed E-state index contributed by atoms with van der Waals surface area (Å²) in [5.41, 5.74) is 2.19. The summed E-state index contributed by atoms with van der Waals surface area (Å²) < 4.78 is 17.2. The first-order valence-electron chi connectivity index (χ1n) is 6.21. The molecule has 0 saturated carbocycles. The third-order valence-corrected chi connectivity index (χ3v) is 3.58. The van der Waals surface area contributed by atoms with Gasteiger partial charge in [-0.15, -0.1) is 0 Å². The Hall–Kier alpha value is -1.68. The summed E-state index contributed by atoms with van der Waals surface area (Å²) in [6.45, 7) is 0. The number of benzene rings is 2. The lowest BCUT2D eigenvalue weighted by Crippen LogP contribution is -1.99. The molecule has 20 heavy (non-hydrogen) atoms. The molecule has 0 saturated heterocycles. The van der Waals surface area contributed by atoms with Crippen LogP contribution in [0.2, 0.25) is 0 Å². The van der Waals surface area contributed by atoms with Crippen LogP contribution in [0.25, 0.3) is 0 Å². The van der Waals surface area contributed by atoms with Crippen LogP contribution < -0.4 is 14.2 Å². The van der Waals surface area contributed by atoms with Crippen molar-refractivity contribution in [3.05, 3.63) is 52.0 Å². The van der Waals surface area contributed by atoms with Crippen molar-refractivity contribution in [1.82, 2.24) is 0 Å². The van der Waals surface area contributed by atoms with Crippen LogP contribution in [0.5, 0.6) is 17.2 Å². The number of halogens is 1. The van der Waals surface area contributed by atoms with Gasteiger partial charge in [0.2, 0.25) is 0 Å². The Morgan fingerprint density at radius 1 is 0.900 bits per heavy atom. The molecule has 0 amide bonds. The second-order valence-electron chi connectivity index (χ2n) is 4.32. The Balaban J connectivity index is 2.44. The van der Waals surface area contributed by atoms with Crippen molar-refractivity contribution in [2.45, 2.75) is 6.42 Å². The molecule has 2 aromatic carbocycles. The van der Waals surface area contributed by atoms with Gasteiger partial charge in [-0.1, -0.05) is 28.1 Å². The van der Waals surface area contributed by atoms with Crippen LogP contribution in [-0.2, 0) is 6.42 Å². The van der Waals surface area contributed by atoms with Crippen LogP contribution in [0, 0.1) is 0 Å². The molecule has 2 aromatic rings. The average molecular weight is 337 g/mol. The van der Waals surface area contributed by atoms with E-state index in [1.165, 1.54) is 5.56 Å². The maximum Gasteiger partial charge on any atom is 0.129 e. The maximum absolute atomic E-state index is 5.46. The third kappa shape index (κ3) is 3.25. The number of methoxy groups -OCH3 is 3. The first-order chi connectivity index (χ1) is 9.67. The molecule has 0 spiro atoms. The zero-order chi connectivity index (χ0) is 14.5. The highest BCUT2D eigenvalue weighted by Gasteiger charge is 2.13. The Labute approximate surface area is 127 Å². The van der Waals surface area contributed by atoms with E-state index in [2.05, 4.69) is 28.1 Å². The van der Waals surface area contributed by atoms with Crippen molar-refractivity contribution in [3.63, 3.8) is 0 Å². The van der Waals surface area contributed by atoms with Gasteiger partial charge in [0.15, 0.2) is 0 Å². The van der Waals surface area contributed by atoms with Crippen molar-refractivity contribution in [2.75, 3.05) is 21.3 Å². The van der Waals surface area contributed by atoms with Crippen LogP contribution in [-0.4, -0.2) is 21.3 Å². The van der Waals surface area contributed by atoms with Crippen molar-refractivity contribution in [3.8, 4) is 17.2 Å². The lowest BCUT2D eigenvalue weighted by Gasteiger charge is -2.15. The Morgan fingerprint density at radius 3 is 2.05 bits per heavy atom. The molecule has 0 aliphatic rings. The maximum atomic E-state index is 5.46. The predicted molar refractivity (Wildman–Crippen MR) is 83.0 cm³/mol. The van der Waals surface area contributed by atoms with E-state index in [4.69, 9.17) is 14.2 Å². The van der Waals surface area contributed by atoms with E-state index in [1.54, 1.807) is 21.3 Å². The summed E-state index contributed by atoms with van der Waals surface area (Å²) in [4.78, 5) is 0. The van der Waals surface area contributed by atoms with Crippen molar-refractivity contribution in [1.29, 1.82) is 0 Å². The second-order valence-corrected chi connectivity index (χ2v) is 5.23. The number of hydrogen-bond donors (Lipinski definition) is 0. The first kappa shape index (κ1) is 14.7. The Morgan fingerprint density at radius 2 is 1.55 bits per heavy atom. The van der Waals surface area contributed by atoms with Crippen LogP contribution in [0.1, 0.15) is 11.1 Å². The molecule has 0 aromatic heterocycles. The third-order valence-electron chi connectivity index (χ3n) is 3.09. The van der Waals surface area contributed by atoms with E-state index >= 15 is 0 Å². The van der Waals surface area contributed by atoms with Gasteiger partial charge in [-0.3, -0.25) is 0 Å². The van der Waals surface area contributed by atoms with Crippen LogP contribution in [0.15, 0.2) is 40.9 Å². The van der Waals surface area contributed by atoms with Gasteiger partial charge in [-0.25, -0.2) is 0 Å². The van der Waals surface area contributed by atoms with Gasteiger partial charge in [0.05, 0.1) is 21.3 Å². The van der Waals surface area contributed by atoms with E-state index < -0.39 is 0 Å². The molecule has 0 aliphatic heterocycles. The fourth-order valence-electron chi connectivity index (χ4n) is 2.10. The van der Waals surface area contributed by atoms with E-state index in [-0.39, 0.29) is 0 Å². The van der Waals surface area contributed by atoms with Crippen LogP contribution >= 0.6 is 15.9 Å². The van der Waals surface area contributed by atoms with Crippen molar-refractivity contribution in [2.24, 2.45) is 0 Å². The highest BCUT2D eigenvalue weighted by atomic mass is 79.9. The molecule has 0 heterocycles. The van der Waals surface area contributed by atoms with Gasteiger partial charge in [-0.2, -0.15) is 0 Å². The van der Waals surface area contributed by atoms with E-state index in [0.29, 0.717) is 0 Å². The molecule has 4 heteroatoms. The lowest BCUT2D eigenvalue weighted by molar-refractivity contribution is 0.370. The molecular formula is C16H17BrO3. The standard InChI is InChI=1S/C16H17BrO3/c1-18-13-9-15(19-2)14(16(10-13)20-3)8-11-5-4-6-12(17)7-11/h4-7,9-10H,8H2,1-3H3. The molecule has 0 bridgehead atoms. The molecule has 2 rings (SSSR count). The fourth-order valence-corrected chi connectivity index (χ4v) is 2.55. The highest BCUT2D eigenvalue weighted by molar-refractivity contribution is 9.10. The van der Waals surface area contributed by atoms with Gasteiger partial charge in [0.1, 0.15) is 17.2 Å². The molecule has 0 unspecified atom stereocenters. The van der Waals surface area contributed by atoms with Gasteiger partial charge in [-0.05, 0) is 17.7 Å². The first-order valence-corrected chi connectivity index (χ1v) is 7.00. The summed E-state index contributed by atoms with van der Waals surface area (Å²) in [6.07, 6.45) is 0.732. The Kier molecular flexibility index (Phi) is 4.90. The fraction of sp³-hybridized carbons (Fsp3) is 0.250. The minimum Gasteiger partial charge on any atom is -0.496 e. The van der Waals surface area contributed by atoms with Gasteiger partial charge >= 0.3 is 0 Å². The smallest absolute Gasteiger partial charge is 0.129 e. The van der Waals surface area contributed by atoms with Crippen molar-refractivity contribution >= 4 is 15.9 Å². The van der Waals surface area contributed by atoms with E-state index in [0.717, 1.165) is 33.7 Å². The van der Waals surface area contributed by atoms with Gasteiger partial charge in [0.25, 0.3) is 0 Å². The van der Waals surface area contributed by atoms with Crippen molar-refractivity contribution < 1.29 is 14.2 Å². The summed E-state index contributed by atoms with van der Waals surface area (Å²) >= 11 is 3.49. The topological polar surface area (TPSA) is 27.7 Å². The van der Waals surface area contributed by atoms with Crippen LogP contribution in [0.4, 0.5) is 0 Å². The SMILES string of the molecule is COc1cc(OC)c(Cc2cccc(Br)c2)c(OC)c1. The average Bonchev–Trinajstić information content (AvgIpc) is 2.47. The molecule has 0 fully saturated rings. The summed E-state index contributed by atoms with van der Waals surface area (Å²) in [6, 6.07) is 11.9. The predicted octanol–water partition coefficient (Wildman–Crippen LogP) is 4.07. The summed E-state index contributed by atoms with van der Waals surface area (Å²) in [5.74, 6) is 2.25. The van der Waals surface area contributed by atoms with Gasteiger partial charge in [0, 0.05) is 28.6 Å². The molecular weight excluding hydrogens is 320 g/mol. The second kappa shape index (κ2) is 6.66. The lowest BCUT2D eigenvalue weighted by atomic mass is 10.0. The number of hydrogen-bond acceptors (Lipinski definition) is 3. The summed E-state index contributed by atoms with van der Waals surface area (Å²) in [7, 11) is 4.93. The molecule has 0 radical (unpaired) electrons. The Bertz CT molecular complexity index is 571. The molecule has 0 atom stereocenters. The number of rotatable bonds is 5. The largest absolute Gasteiger partial charge is 0.496 e. The van der Waals surface area contributed by atoms with Crippen LogP contribution in [0.3, 0.4) is 0 Å². The molecule has 0 aliphatic carbocycles.